The van der Waals surface area contributed by atoms with Gasteiger partial charge in [-0.05, 0) is 29.8 Å². The minimum atomic E-state index is 0.244. The maximum absolute atomic E-state index is 9.02. The fraction of sp³-hybridized carbons (Fsp3) is 0.118. The van der Waals surface area contributed by atoms with Gasteiger partial charge in [-0.25, -0.2) is 4.68 Å². The minimum Gasteiger partial charge on any atom is -0.497 e. The van der Waals surface area contributed by atoms with E-state index >= 15 is 0 Å². The van der Waals surface area contributed by atoms with Crippen LogP contribution in [0.2, 0.25) is 10.0 Å². The summed E-state index contributed by atoms with van der Waals surface area (Å²) in [4.78, 5) is 4.21. The maximum Gasteiger partial charge on any atom is 0.225 e. The van der Waals surface area contributed by atoms with Crippen molar-refractivity contribution in [1.82, 2.24) is 14.8 Å². The van der Waals surface area contributed by atoms with Crippen LogP contribution in [0.4, 0.5) is 11.6 Å². The number of hydrogen-bond donors (Lipinski definition) is 1. The zero-order valence-corrected chi connectivity index (χ0v) is 14.7. The summed E-state index contributed by atoms with van der Waals surface area (Å²) in [6.45, 7) is 0.532. The molecule has 6 nitrogen and oxygen atoms in total. The van der Waals surface area contributed by atoms with E-state index in [1.165, 1.54) is 6.33 Å². The molecule has 0 aliphatic heterocycles. The van der Waals surface area contributed by atoms with Crippen LogP contribution in [0.15, 0.2) is 42.7 Å². The van der Waals surface area contributed by atoms with Crippen LogP contribution in [0.3, 0.4) is 0 Å². The Morgan fingerprint density at radius 1 is 1.20 bits per heavy atom. The molecule has 2 aromatic carbocycles. The van der Waals surface area contributed by atoms with Gasteiger partial charge in [0.05, 0.1) is 29.3 Å². The first-order chi connectivity index (χ1) is 12.1. The molecule has 0 fully saturated rings. The summed E-state index contributed by atoms with van der Waals surface area (Å²) in [6, 6.07) is 12.9. The Balaban J connectivity index is 1.81. The molecular weight excluding hydrogens is 361 g/mol. The number of hydrogen-bond acceptors (Lipinski definition) is 5. The molecule has 0 atom stereocenters. The van der Waals surface area contributed by atoms with E-state index in [0.29, 0.717) is 18.2 Å². The van der Waals surface area contributed by atoms with E-state index in [1.54, 1.807) is 23.9 Å². The summed E-state index contributed by atoms with van der Waals surface area (Å²) in [5.74, 6) is 1.33. The summed E-state index contributed by atoms with van der Waals surface area (Å²) in [5.41, 5.74) is 1.91. The number of methoxy groups -OCH3 is 1. The lowest BCUT2D eigenvalue weighted by atomic mass is 10.2. The quantitative estimate of drug-likeness (QED) is 0.722. The molecule has 0 spiro atoms. The van der Waals surface area contributed by atoms with Gasteiger partial charge in [0, 0.05) is 5.69 Å². The zero-order valence-electron chi connectivity index (χ0n) is 13.2. The van der Waals surface area contributed by atoms with E-state index in [-0.39, 0.29) is 15.6 Å². The van der Waals surface area contributed by atoms with Gasteiger partial charge in [-0.3, -0.25) is 0 Å². The van der Waals surface area contributed by atoms with Crippen LogP contribution in [-0.4, -0.2) is 21.9 Å². The van der Waals surface area contributed by atoms with Crippen LogP contribution in [0.5, 0.6) is 5.75 Å². The van der Waals surface area contributed by atoms with Gasteiger partial charge in [-0.15, -0.1) is 0 Å². The third-order valence-corrected chi connectivity index (χ3v) is 4.11. The fourth-order valence-corrected chi connectivity index (χ4v) is 2.83. The van der Waals surface area contributed by atoms with Crippen LogP contribution in [0, 0.1) is 11.3 Å². The zero-order chi connectivity index (χ0) is 17.8. The van der Waals surface area contributed by atoms with Crippen molar-refractivity contribution in [1.29, 1.82) is 5.26 Å². The lowest BCUT2D eigenvalue weighted by molar-refractivity contribution is 0.414. The van der Waals surface area contributed by atoms with Crippen molar-refractivity contribution in [3.05, 3.63) is 63.9 Å². The van der Waals surface area contributed by atoms with Crippen molar-refractivity contribution < 1.29 is 4.74 Å². The molecule has 0 bridgehead atoms. The Morgan fingerprint density at radius 3 is 2.48 bits per heavy atom. The normalized spacial score (nSPS) is 10.3. The second kappa shape index (κ2) is 7.43. The van der Waals surface area contributed by atoms with E-state index < -0.39 is 0 Å². The highest BCUT2D eigenvalue weighted by atomic mass is 35.5. The predicted octanol–water partition coefficient (Wildman–Crippen LogP) is 4.26. The van der Waals surface area contributed by atoms with Gasteiger partial charge in [0.15, 0.2) is 0 Å². The maximum atomic E-state index is 9.02. The predicted molar refractivity (Wildman–Crippen MR) is 96.6 cm³/mol. The van der Waals surface area contributed by atoms with Crippen molar-refractivity contribution in [3.63, 3.8) is 0 Å². The van der Waals surface area contributed by atoms with Crippen molar-refractivity contribution in [3.8, 4) is 11.8 Å². The van der Waals surface area contributed by atoms with Gasteiger partial charge in [0.2, 0.25) is 5.95 Å². The number of ether oxygens (including phenoxy) is 1. The van der Waals surface area contributed by atoms with Gasteiger partial charge in [0.1, 0.15) is 18.1 Å². The molecule has 0 unspecified atom stereocenters. The molecule has 0 aliphatic rings. The lowest BCUT2D eigenvalue weighted by Crippen LogP contribution is -2.07. The largest absolute Gasteiger partial charge is 0.497 e. The SMILES string of the molecule is COc1ccc(Cn2ncnc2Nc2cc(Cl)c(C#N)c(Cl)c2)cc1. The van der Waals surface area contributed by atoms with Gasteiger partial charge < -0.3 is 10.1 Å². The third-order valence-electron chi connectivity index (χ3n) is 3.52. The Morgan fingerprint density at radius 2 is 1.88 bits per heavy atom. The third kappa shape index (κ3) is 3.85. The summed E-state index contributed by atoms with van der Waals surface area (Å²) >= 11 is 12.1. The van der Waals surface area contributed by atoms with E-state index in [4.69, 9.17) is 33.2 Å². The van der Waals surface area contributed by atoms with Crippen molar-refractivity contribution in [2.75, 3.05) is 12.4 Å². The summed E-state index contributed by atoms with van der Waals surface area (Å²) in [6.07, 6.45) is 1.46. The monoisotopic (exact) mass is 373 g/mol. The van der Waals surface area contributed by atoms with Gasteiger partial charge in [-0.1, -0.05) is 35.3 Å². The highest BCUT2D eigenvalue weighted by molar-refractivity contribution is 6.37. The molecule has 1 aromatic heterocycles. The first-order valence-corrected chi connectivity index (χ1v) is 8.03. The highest BCUT2D eigenvalue weighted by Crippen LogP contribution is 2.29. The van der Waals surface area contributed by atoms with Crippen molar-refractivity contribution in [2.45, 2.75) is 6.54 Å². The minimum absolute atomic E-state index is 0.244. The Kier molecular flexibility index (Phi) is 5.08. The van der Waals surface area contributed by atoms with Crippen molar-refractivity contribution >= 4 is 34.8 Å². The molecule has 126 valence electrons. The van der Waals surface area contributed by atoms with Gasteiger partial charge in [-0.2, -0.15) is 15.3 Å². The molecule has 0 amide bonds. The fourth-order valence-electron chi connectivity index (χ4n) is 2.26. The standard InChI is InChI=1S/C17H13Cl2N5O/c1-25-13-4-2-11(3-5-13)9-24-17(21-10-22-24)23-12-6-15(18)14(8-20)16(19)7-12/h2-7,10H,9H2,1H3,(H,21,22,23). The van der Waals surface area contributed by atoms with Crippen LogP contribution in [0.1, 0.15) is 11.1 Å². The topological polar surface area (TPSA) is 75.8 Å². The molecule has 1 N–H and O–H groups in total. The van der Waals surface area contributed by atoms with Crippen molar-refractivity contribution in [2.24, 2.45) is 0 Å². The highest BCUT2D eigenvalue weighted by Gasteiger charge is 2.11. The first-order valence-electron chi connectivity index (χ1n) is 7.27. The second-order valence-electron chi connectivity index (χ2n) is 5.14. The van der Waals surface area contributed by atoms with Crippen LogP contribution in [-0.2, 0) is 6.54 Å². The average molecular weight is 374 g/mol. The smallest absolute Gasteiger partial charge is 0.225 e. The number of rotatable bonds is 5. The van der Waals surface area contributed by atoms with Crippen LogP contribution >= 0.6 is 23.2 Å². The molecule has 0 aliphatic carbocycles. The summed E-state index contributed by atoms with van der Waals surface area (Å²) in [5, 5.41) is 16.9. The lowest BCUT2D eigenvalue weighted by Gasteiger charge is -2.10. The summed E-state index contributed by atoms with van der Waals surface area (Å²) in [7, 11) is 1.63. The van der Waals surface area contributed by atoms with E-state index in [9.17, 15) is 0 Å². The Bertz CT molecular complexity index is 908. The molecule has 3 rings (SSSR count). The Labute approximate surface area is 154 Å². The molecule has 25 heavy (non-hydrogen) atoms. The van der Waals surface area contributed by atoms with Crippen LogP contribution in [0.25, 0.3) is 0 Å². The molecule has 0 saturated carbocycles. The van der Waals surface area contributed by atoms with E-state index in [2.05, 4.69) is 15.4 Å². The second-order valence-corrected chi connectivity index (χ2v) is 5.96. The number of nitrogens with zero attached hydrogens (tertiary/aromatic N) is 4. The number of aromatic nitrogens is 3. The average Bonchev–Trinajstić information content (AvgIpc) is 3.02. The number of anilines is 2. The molecule has 8 heteroatoms. The van der Waals surface area contributed by atoms with Gasteiger partial charge >= 0.3 is 0 Å². The van der Waals surface area contributed by atoms with Crippen LogP contribution < -0.4 is 10.1 Å². The molecule has 1 heterocycles. The van der Waals surface area contributed by atoms with E-state index in [1.807, 2.05) is 30.3 Å². The number of halogens is 2. The molecule has 0 saturated heterocycles. The molecule has 3 aromatic rings. The number of benzene rings is 2. The Hall–Kier alpha value is -2.75. The number of nitrogens with one attached hydrogen (secondary N) is 1. The van der Waals surface area contributed by atoms with Gasteiger partial charge in [0.25, 0.3) is 0 Å². The summed E-state index contributed by atoms with van der Waals surface area (Å²) < 4.78 is 6.86. The molecule has 0 radical (unpaired) electrons. The first kappa shape index (κ1) is 17.1. The number of nitriles is 1. The molecular formula is C17H13Cl2N5O. The van der Waals surface area contributed by atoms with E-state index in [0.717, 1.165) is 11.3 Å².